The minimum absolute atomic E-state index is 0.270. The zero-order chi connectivity index (χ0) is 8.72. The van der Waals surface area contributed by atoms with Gasteiger partial charge in [0.2, 0.25) is 0 Å². The Balaban J connectivity index is 2.43. The normalized spacial score (nSPS) is 16.3. The monoisotopic (exact) mass is 169 g/mol. The van der Waals surface area contributed by atoms with Crippen LogP contribution in [0, 0.1) is 10.1 Å². The van der Waals surface area contributed by atoms with Crippen LogP contribution >= 0.6 is 0 Å². The van der Waals surface area contributed by atoms with Gasteiger partial charge < -0.3 is 0 Å². The van der Waals surface area contributed by atoms with Crippen molar-refractivity contribution in [2.45, 2.75) is 18.9 Å². The predicted octanol–water partition coefficient (Wildman–Crippen LogP) is 0.419. The molecular formula is C6H7N3O3. The number of nitrogens with zero attached hydrogens (tertiary/aromatic N) is 2. The van der Waals surface area contributed by atoms with E-state index < -0.39 is 10.5 Å². The van der Waals surface area contributed by atoms with E-state index in [1.807, 2.05) is 0 Å². The first kappa shape index (κ1) is 7.08. The average Bonchev–Trinajstić information content (AvgIpc) is 2.75. The van der Waals surface area contributed by atoms with Crippen molar-refractivity contribution in [3.8, 4) is 0 Å². The fraction of sp³-hybridized carbons (Fsp3) is 0.500. The van der Waals surface area contributed by atoms with Crippen LogP contribution in [-0.2, 0) is 0 Å². The van der Waals surface area contributed by atoms with Crippen molar-refractivity contribution in [2.75, 3.05) is 0 Å². The van der Waals surface area contributed by atoms with Gasteiger partial charge in [-0.25, -0.2) is 0 Å². The largest absolute Gasteiger partial charge is 0.352 e. The third kappa shape index (κ3) is 1.01. The summed E-state index contributed by atoms with van der Waals surface area (Å²) in [6, 6.07) is 0.270. The van der Waals surface area contributed by atoms with Gasteiger partial charge in [-0.1, -0.05) is 0 Å². The van der Waals surface area contributed by atoms with E-state index in [0.29, 0.717) is 0 Å². The minimum Gasteiger partial charge on any atom is -0.282 e. The fourth-order valence-electron chi connectivity index (χ4n) is 1.08. The highest BCUT2D eigenvalue weighted by atomic mass is 16.6. The molecule has 0 aromatic carbocycles. The van der Waals surface area contributed by atoms with E-state index in [-0.39, 0.29) is 11.7 Å². The molecule has 0 bridgehead atoms. The first-order valence-corrected chi connectivity index (χ1v) is 3.64. The molecule has 12 heavy (non-hydrogen) atoms. The number of hydrogen-bond donors (Lipinski definition) is 1. The second-order valence-corrected chi connectivity index (χ2v) is 2.85. The van der Waals surface area contributed by atoms with E-state index in [9.17, 15) is 14.9 Å². The lowest BCUT2D eigenvalue weighted by atomic mass is 10.6. The van der Waals surface area contributed by atoms with E-state index in [1.165, 1.54) is 10.9 Å². The number of hydrogen-bond acceptors (Lipinski definition) is 3. The molecule has 6 heteroatoms. The molecular weight excluding hydrogens is 162 g/mol. The van der Waals surface area contributed by atoms with Crippen molar-refractivity contribution in [3.05, 3.63) is 26.7 Å². The summed E-state index contributed by atoms with van der Waals surface area (Å²) in [6.07, 6.45) is 3.24. The Hall–Kier alpha value is -1.59. The molecule has 1 saturated carbocycles. The molecule has 1 aromatic rings. The van der Waals surface area contributed by atoms with Gasteiger partial charge in [-0.15, -0.1) is 0 Å². The molecule has 1 aliphatic rings. The molecule has 0 spiro atoms. The van der Waals surface area contributed by atoms with Gasteiger partial charge in [-0.2, -0.15) is 0 Å². The van der Waals surface area contributed by atoms with Crippen molar-refractivity contribution >= 4 is 5.69 Å². The highest BCUT2D eigenvalue weighted by Gasteiger charge is 2.27. The highest BCUT2D eigenvalue weighted by molar-refractivity contribution is 5.21. The zero-order valence-corrected chi connectivity index (χ0v) is 6.19. The average molecular weight is 169 g/mol. The van der Waals surface area contributed by atoms with Crippen LogP contribution in [0.15, 0.2) is 11.0 Å². The number of nitro groups is 1. The summed E-state index contributed by atoms with van der Waals surface area (Å²) in [4.78, 5) is 20.5. The van der Waals surface area contributed by atoms with Crippen LogP contribution < -0.4 is 5.56 Å². The van der Waals surface area contributed by atoms with Gasteiger partial charge in [0, 0.05) is 0 Å². The Morgan fingerprint density at radius 1 is 1.67 bits per heavy atom. The minimum atomic E-state index is -0.669. The van der Waals surface area contributed by atoms with Crippen molar-refractivity contribution in [1.82, 2.24) is 9.78 Å². The van der Waals surface area contributed by atoms with E-state index in [2.05, 4.69) is 5.10 Å². The van der Waals surface area contributed by atoms with Gasteiger partial charge in [0.15, 0.2) is 0 Å². The van der Waals surface area contributed by atoms with Crippen LogP contribution in [0.5, 0.6) is 0 Å². The molecule has 0 unspecified atom stereocenters. The van der Waals surface area contributed by atoms with Crippen LogP contribution in [0.25, 0.3) is 0 Å². The van der Waals surface area contributed by atoms with Crippen LogP contribution in [0.2, 0.25) is 0 Å². The number of aromatic nitrogens is 2. The molecule has 1 aromatic heterocycles. The summed E-state index contributed by atoms with van der Waals surface area (Å²) in [5.41, 5.74) is -0.992. The van der Waals surface area contributed by atoms with Crippen molar-refractivity contribution in [3.63, 3.8) is 0 Å². The zero-order valence-electron chi connectivity index (χ0n) is 6.19. The highest BCUT2D eigenvalue weighted by Crippen LogP contribution is 2.33. The summed E-state index contributed by atoms with van der Waals surface area (Å²) >= 11 is 0. The lowest BCUT2D eigenvalue weighted by molar-refractivity contribution is -0.386. The summed E-state index contributed by atoms with van der Waals surface area (Å²) in [6.45, 7) is 0. The topological polar surface area (TPSA) is 80.9 Å². The smallest absolute Gasteiger partial charge is 0.282 e. The van der Waals surface area contributed by atoms with E-state index in [0.717, 1.165) is 12.8 Å². The maximum Gasteiger partial charge on any atom is 0.352 e. The third-order valence-corrected chi connectivity index (χ3v) is 1.86. The Morgan fingerprint density at radius 2 is 2.33 bits per heavy atom. The Morgan fingerprint density at radius 3 is 2.75 bits per heavy atom. The number of aromatic amines is 1. The molecule has 2 rings (SSSR count). The van der Waals surface area contributed by atoms with Crippen molar-refractivity contribution < 1.29 is 4.92 Å². The molecule has 0 aliphatic heterocycles. The Bertz CT molecular complexity index is 374. The number of H-pyrrole nitrogens is 1. The summed E-state index contributed by atoms with van der Waals surface area (Å²) in [7, 11) is 0. The second-order valence-electron chi connectivity index (χ2n) is 2.85. The molecule has 0 saturated heterocycles. The number of nitrogens with one attached hydrogen (secondary N) is 1. The molecule has 1 fully saturated rings. The van der Waals surface area contributed by atoms with Crippen LogP contribution in [0.1, 0.15) is 18.9 Å². The first-order chi connectivity index (χ1) is 5.68. The molecule has 1 heterocycles. The molecule has 6 nitrogen and oxygen atoms in total. The lowest BCUT2D eigenvalue weighted by Gasteiger charge is -1.92. The standard InChI is InChI=1S/C6H7N3O3/c10-6-5(9(11)12)3-8(7-6)4-1-2-4/h3-4H,1-2H2,(H,7,10). The van der Waals surface area contributed by atoms with Crippen molar-refractivity contribution in [1.29, 1.82) is 0 Å². The molecule has 64 valence electrons. The van der Waals surface area contributed by atoms with Crippen LogP contribution in [0.4, 0.5) is 5.69 Å². The molecule has 0 radical (unpaired) electrons. The summed E-state index contributed by atoms with van der Waals surface area (Å²) < 4.78 is 1.51. The van der Waals surface area contributed by atoms with E-state index in [1.54, 1.807) is 0 Å². The van der Waals surface area contributed by atoms with Gasteiger partial charge in [-0.3, -0.25) is 24.7 Å². The van der Waals surface area contributed by atoms with Gasteiger partial charge in [0.25, 0.3) is 0 Å². The lowest BCUT2D eigenvalue weighted by Crippen LogP contribution is -2.06. The van der Waals surface area contributed by atoms with Gasteiger partial charge >= 0.3 is 11.2 Å². The molecule has 0 atom stereocenters. The second kappa shape index (κ2) is 2.20. The van der Waals surface area contributed by atoms with Gasteiger partial charge in [-0.05, 0) is 12.8 Å². The summed E-state index contributed by atoms with van der Waals surface area (Å²) in [5.74, 6) is 0. The Labute approximate surface area is 66.9 Å². The number of rotatable bonds is 2. The SMILES string of the molecule is O=c1[nH]n(C2CC2)cc1[N+](=O)[O-]. The molecule has 1 N–H and O–H groups in total. The maximum atomic E-state index is 10.9. The first-order valence-electron chi connectivity index (χ1n) is 3.64. The van der Waals surface area contributed by atoms with Crippen LogP contribution in [0.3, 0.4) is 0 Å². The van der Waals surface area contributed by atoms with Crippen molar-refractivity contribution in [2.24, 2.45) is 0 Å². The van der Waals surface area contributed by atoms with E-state index in [4.69, 9.17) is 0 Å². The Kier molecular flexibility index (Phi) is 1.30. The predicted molar refractivity (Wildman–Crippen MR) is 40.0 cm³/mol. The third-order valence-electron chi connectivity index (χ3n) is 1.86. The quantitative estimate of drug-likeness (QED) is 0.514. The molecule has 0 amide bonds. The maximum absolute atomic E-state index is 10.9. The fourth-order valence-corrected chi connectivity index (χ4v) is 1.08. The van der Waals surface area contributed by atoms with Gasteiger partial charge in [0.05, 0.1) is 11.0 Å². The van der Waals surface area contributed by atoms with Gasteiger partial charge in [0.1, 0.15) is 6.20 Å². The summed E-state index contributed by atoms with van der Waals surface area (Å²) in [5, 5.41) is 12.7. The van der Waals surface area contributed by atoms with Crippen LogP contribution in [-0.4, -0.2) is 14.7 Å². The van der Waals surface area contributed by atoms with E-state index >= 15 is 0 Å². The molecule has 1 aliphatic carbocycles.